The minimum atomic E-state index is -3.92. The highest BCUT2D eigenvalue weighted by Gasteiger charge is 2.29. The van der Waals surface area contributed by atoms with E-state index in [9.17, 15) is 13.2 Å². The number of nitrogens with zero attached hydrogens (tertiary/aromatic N) is 2. The number of hydrogen-bond acceptors (Lipinski definition) is 6. The molecule has 1 saturated heterocycles. The number of para-hydroxylation sites is 2. The van der Waals surface area contributed by atoms with Crippen LogP contribution in [0.25, 0.3) is 0 Å². The van der Waals surface area contributed by atoms with Gasteiger partial charge in [-0.05, 0) is 44.2 Å². The minimum absolute atomic E-state index is 0.0217. The van der Waals surface area contributed by atoms with Gasteiger partial charge >= 0.3 is 0 Å². The van der Waals surface area contributed by atoms with Crippen LogP contribution in [0.1, 0.15) is 13.8 Å². The number of piperazine rings is 1. The molecule has 0 spiro atoms. The summed E-state index contributed by atoms with van der Waals surface area (Å²) in [7, 11) is -2.30. The molecule has 0 saturated carbocycles. The minimum Gasteiger partial charge on any atom is -0.495 e. The molecule has 1 fully saturated rings. The van der Waals surface area contributed by atoms with Gasteiger partial charge < -0.3 is 19.3 Å². The van der Waals surface area contributed by atoms with Gasteiger partial charge in [-0.1, -0.05) is 23.7 Å². The Labute approximate surface area is 194 Å². The molecule has 1 aliphatic rings. The summed E-state index contributed by atoms with van der Waals surface area (Å²) in [4.78, 5) is 16.7. The molecule has 174 valence electrons. The lowest BCUT2D eigenvalue weighted by molar-refractivity contribution is -0.132. The van der Waals surface area contributed by atoms with Gasteiger partial charge in [0.1, 0.15) is 11.5 Å². The van der Waals surface area contributed by atoms with Crippen molar-refractivity contribution in [3.63, 3.8) is 0 Å². The quantitative estimate of drug-likeness (QED) is 0.623. The standard InChI is InChI=1S/C22H28ClN3O5S/c1-4-31-20-10-9-17(15-18(20)23)32(28,29)24-16(2)22(27)26-13-11-25(12-14-26)19-7-5-6-8-21(19)30-3/h5-10,15-16,24H,4,11-14H2,1-3H3/t16-/m0/s1. The van der Waals surface area contributed by atoms with Crippen LogP contribution in [0.5, 0.6) is 11.5 Å². The molecule has 0 aliphatic carbocycles. The highest BCUT2D eigenvalue weighted by Crippen LogP contribution is 2.29. The van der Waals surface area contributed by atoms with E-state index in [1.54, 1.807) is 18.9 Å². The predicted octanol–water partition coefficient (Wildman–Crippen LogP) is 2.76. The van der Waals surface area contributed by atoms with E-state index >= 15 is 0 Å². The van der Waals surface area contributed by atoms with Crippen LogP contribution >= 0.6 is 11.6 Å². The fourth-order valence-corrected chi connectivity index (χ4v) is 5.13. The van der Waals surface area contributed by atoms with Crippen LogP contribution in [0.3, 0.4) is 0 Å². The Morgan fingerprint density at radius 1 is 1.12 bits per heavy atom. The normalized spacial score (nSPS) is 15.4. The summed E-state index contributed by atoms with van der Waals surface area (Å²) < 4.78 is 38.7. The summed E-state index contributed by atoms with van der Waals surface area (Å²) in [5, 5.41) is 0.196. The van der Waals surface area contributed by atoms with E-state index in [1.807, 2.05) is 31.2 Å². The van der Waals surface area contributed by atoms with E-state index in [4.69, 9.17) is 21.1 Å². The van der Waals surface area contributed by atoms with Crippen LogP contribution in [0.2, 0.25) is 5.02 Å². The maximum absolute atomic E-state index is 12.9. The van der Waals surface area contributed by atoms with Gasteiger partial charge in [0.15, 0.2) is 0 Å². The van der Waals surface area contributed by atoms with Crippen molar-refractivity contribution in [3.05, 3.63) is 47.5 Å². The van der Waals surface area contributed by atoms with Crippen molar-refractivity contribution < 1.29 is 22.7 Å². The van der Waals surface area contributed by atoms with Gasteiger partial charge in [0.05, 0.1) is 35.4 Å². The second-order valence-corrected chi connectivity index (χ2v) is 9.47. The zero-order valence-electron chi connectivity index (χ0n) is 18.4. The van der Waals surface area contributed by atoms with Crippen molar-refractivity contribution in [2.24, 2.45) is 0 Å². The van der Waals surface area contributed by atoms with Gasteiger partial charge in [0, 0.05) is 26.2 Å². The van der Waals surface area contributed by atoms with Crippen molar-refractivity contribution in [3.8, 4) is 11.5 Å². The first-order valence-electron chi connectivity index (χ1n) is 10.4. The van der Waals surface area contributed by atoms with E-state index in [0.717, 1.165) is 11.4 Å². The topological polar surface area (TPSA) is 88.2 Å². The monoisotopic (exact) mass is 481 g/mol. The van der Waals surface area contributed by atoms with Gasteiger partial charge in [-0.15, -0.1) is 0 Å². The molecule has 2 aromatic carbocycles. The number of amides is 1. The van der Waals surface area contributed by atoms with E-state index in [1.165, 1.54) is 18.2 Å². The third-order valence-electron chi connectivity index (χ3n) is 5.23. The van der Waals surface area contributed by atoms with Gasteiger partial charge in [-0.25, -0.2) is 8.42 Å². The molecule has 8 nitrogen and oxygen atoms in total. The maximum atomic E-state index is 12.9. The smallest absolute Gasteiger partial charge is 0.241 e. The molecule has 3 rings (SSSR count). The molecule has 1 N–H and O–H groups in total. The number of halogens is 1. The predicted molar refractivity (Wildman–Crippen MR) is 124 cm³/mol. The average Bonchev–Trinajstić information content (AvgIpc) is 2.79. The summed E-state index contributed by atoms with van der Waals surface area (Å²) in [5.74, 6) is 0.915. The number of hydrogen-bond donors (Lipinski definition) is 1. The molecule has 32 heavy (non-hydrogen) atoms. The molecule has 1 heterocycles. The lowest BCUT2D eigenvalue weighted by atomic mass is 10.2. The summed E-state index contributed by atoms with van der Waals surface area (Å²) in [6.07, 6.45) is 0. The molecule has 10 heteroatoms. The Hall–Kier alpha value is -2.49. The number of carbonyl (C=O) groups excluding carboxylic acids is 1. The van der Waals surface area contributed by atoms with Gasteiger partial charge in [0.2, 0.25) is 15.9 Å². The molecule has 1 amide bonds. The Balaban J connectivity index is 1.62. The highest BCUT2D eigenvalue weighted by atomic mass is 35.5. The van der Waals surface area contributed by atoms with E-state index in [-0.39, 0.29) is 15.8 Å². The first-order valence-corrected chi connectivity index (χ1v) is 12.2. The number of ether oxygens (including phenoxy) is 2. The average molecular weight is 482 g/mol. The molecular weight excluding hydrogens is 454 g/mol. The highest BCUT2D eigenvalue weighted by molar-refractivity contribution is 7.89. The SMILES string of the molecule is CCOc1ccc(S(=O)(=O)N[C@@H](C)C(=O)N2CCN(c3ccccc3OC)CC2)cc1Cl. The number of rotatable bonds is 8. The van der Waals surface area contributed by atoms with Crippen molar-refractivity contribution in [2.75, 3.05) is 44.8 Å². The Kier molecular flexibility index (Phi) is 7.86. The molecule has 0 unspecified atom stereocenters. The third kappa shape index (κ3) is 5.46. The lowest BCUT2D eigenvalue weighted by Gasteiger charge is -2.37. The number of carbonyl (C=O) groups is 1. The number of anilines is 1. The zero-order valence-corrected chi connectivity index (χ0v) is 19.9. The van der Waals surface area contributed by atoms with Gasteiger partial charge in [-0.2, -0.15) is 4.72 Å². The van der Waals surface area contributed by atoms with Crippen molar-refractivity contribution >= 4 is 33.2 Å². The summed E-state index contributed by atoms with van der Waals surface area (Å²) >= 11 is 6.11. The van der Waals surface area contributed by atoms with E-state index in [2.05, 4.69) is 9.62 Å². The molecule has 1 atom stereocenters. The van der Waals surface area contributed by atoms with Crippen molar-refractivity contribution in [1.82, 2.24) is 9.62 Å². The maximum Gasteiger partial charge on any atom is 0.241 e. The lowest BCUT2D eigenvalue weighted by Crippen LogP contribution is -2.54. The van der Waals surface area contributed by atoms with Crippen molar-refractivity contribution in [1.29, 1.82) is 0 Å². The number of nitrogens with one attached hydrogen (secondary N) is 1. The first kappa shape index (κ1) is 24.2. The van der Waals surface area contributed by atoms with E-state index in [0.29, 0.717) is 38.5 Å². The fourth-order valence-electron chi connectivity index (χ4n) is 3.61. The molecule has 0 aromatic heterocycles. The van der Waals surface area contributed by atoms with Crippen LogP contribution in [-0.4, -0.2) is 65.2 Å². The molecule has 1 aliphatic heterocycles. The molecule has 2 aromatic rings. The summed E-state index contributed by atoms with van der Waals surface area (Å²) in [6, 6.07) is 11.0. The van der Waals surface area contributed by atoms with Crippen molar-refractivity contribution in [2.45, 2.75) is 24.8 Å². The summed E-state index contributed by atoms with van der Waals surface area (Å²) in [5.41, 5.74) is 0.975. The van der Waals surface area contributed by atoms with Crippen LogP contribution < -0.4 is 19.1 Å². The molecule has 0 bridgehead atoms. The molecular formula is C22H28ClN3O5S. The Morgan fingerprint density at radius 3 is 2.44 bits per heavy atom. The van der Waals surface area contributed by atoms with Crippen LogP contribution in [0.4, 0.5) is 5.69 Å². The first-order chi connectivity index (χ1) is 15.3. The number of methoxy groups -OCH3 is 1. The number of sulfonamides is 1. The Morgan fingerprint density at radius 2 is 1.81 bits per heavy atom. The van der Waals surface area contributed by atoms with Crippen LogP contribution in [0, 0.1) is 0 Å². The van der Waals surface area contributed by atoms with Gasteiger partial charge in [0.25, 0.3) is 0 Å². The van der Waals surface area contributed by atoms with Crippen LogP contribution in [0.15, 0.2) is 47.4 Å². The largest absolute Gasteiger partial charge is 0.495 e. The number of benzene rings is 2. The van der Waals surface area contributed by atoms with Crippen LogP contribution in [-0.2, 0) is 14.8 Å². The van der Waals surface area contributed by atoms with Gasteiger partial charge in [-0.3, -0.25) is 4.79 Å². The zero-order chi connectivity index (χ0) is 23.3. The second kappa shape index (κ2) is 10.4. The van der Waals surface area contributed by atoms with E-state index < -0.39 is 16.1 Å². The second-order valence-electron chi connectivity index (χ2n) is 7.35. The third-order valence-corrected chi connectivity index (χ3v) is 7.07. The molecule has 0 radical (unpaired) electrons. The summed E-state index contributed by atoms with van der Waals surface area (Å²) in [6.45, 7) is 5.99. The Bertz CT molecular complexity index is 1060. The fraction of sp³-hybridized carbons (Fsp3) is 0.409.